The van der Waals surface area contributed by atoms with Gasteiger partial charge in [0.05, 0.1) is 0 Å². The predicted molar refractivity (Wildman–Crippen MR) is 21.7 cm³/mol. The largest absolute Gasteiger partial charge is 0 e. The van der Waals surface area contributed by atoms with Gasteiger partial charge in [-0.15, -0.1) is 0 Å². The molecule has 0 saturated carbocycles. The van der Waals surface area contributed by atoms with E-state index in [1.54, 1.807) is 0 Å². The molecule has 1 radical (unpaired) electrons. The van der Waals surface area contributed by atoms with Gasteiger partial charge in [-0.2, -0.15) is 0 Å². The number of rotatable bonds is 0. The van der Waals surface area contributed by atoms with Crippen molar-refractivity contribution < 1.29 is 97.1 Å². The van der Waals surface area contributed by atoms with Gasteiger partial charge >= 0.3 is 55.0 Å². The van der Waals surface area contributed by atoms with Crippen LogP contribution < -0.4 is 0 Å². The maximum absolute atomic E-state index is 8.56. The molecule has 0 unspecified atom stereocenters. The number of hydrogen-bond donors (Lipinski definition) is 2. The van der Waals surface area contributed by atoms with Crippen molar-refractivity contribution in [1.29, 1.82) is 0 Å². The van der Waals surface area contributed by atoms with Crippen LogP contribution in [-0.4, -0.2) is 65.2 Å². The van der Waals surface area contributed by atoms with Gasteiger partial charge in [-0.1, -0.05) is 0 Å². The fourth-order valence-electron chi connectivity index (χ4n) is 0. The van der Waals surface area contributed by atoms with Crippen LogP contribution in [0.3, 0.4) is 0 Å². The molecule has 0 bridgehead atoms. The van der Waals surface area contributed by atoms with E-state index >= 15 is 0 Å². The van der Waals surface area contributed by atoms with E-state index in [2.05, 4.69) is 0 Å². The van der Waals surface area contributed by atoms with Gasteiger partial charge in [0, 0.05) is 77.3 Å². The smallest absolute Gasteiger partial charge is 0 e. The van der Waals surface area contributed by atoms with Crippen molar-refractivity contribution in [2.45, 2.75) is 0 Å². The number of carbonyl (C=O) groups is 1. The Morgan fingerprint density at radius 3 is 1.25 bits per heavy atom. The molecular weight excluding hydrogens is 495 g/mol. The van der Waals surface area contributed by atoms with Gasteiger partial charge in [-0.3, -0.25) is 4.70 Å². The van der Waals surface area contributed by atoms with E-state index in [9.17, 15) is 0 Å². The molecule has 7 heteroatoms. The van der Waals surface area contributed by atoms with Gasteiger partial charge in [0.15, 0.2) is 0 Å². The average molecular weight is 500 g/mol. The SMILES string of the molecule is F.O=C(O)O.[BaH2].[Ce].[La]. The maximum atomic E-state index is 8.56. The minimum absolute atomic E-state index is 0. The second kappa shape index (κ2) is 22.4. The third-order valence-corrected chi connectivity index (χ3v) is 0. The molecule has 0 aromatic carbocycles. The average Bonchev–Trinajstić information content (AvgIpc) is 0.811. The van der Waals surface area contributed by atoms with E-state index in [0.717, 1.165) is 0 Å². The van der Waals surface area contributed by atoms with E-state index in [1.807, 2.05) is 0 Å². The summed E-state index contributed by atoms with van der Waals surface area (Å²) in [5.41, 5.74) is 0. The first kappa shape index (κ1) is 30.2. The quantitative estimate of drug-likeness (QED) is 0.440. The summed E-state index contributed by atoms with van der Waals surface area (Å²) in [7, 11) is 0. The van der Waals surface area contributed by atoms with Crippen LogP contribution in [-0.2, 0) is 0 Å². The molecular formula is CH5BaCeFLaO3. The van der Waals surface area contributed by atoms with Crippen molar-refractivity contribution in [3.63, 3.8) is 0 Å². The van der Waals surface area contributed by atoms with Gasteiger partial charge in [0.1, 0.15) is 0 Å². The normalized spacial score (nSPS) is 3.00. The molecule has 0 amide bonds. The van der Waals surface area contributed by atoms with Crippen molar-refractivity contribution in [2.24, 2.45) is 0 Å². The van der Waals surface area contributed by atoms with Gasteiger partial charge in [0.25, 0.3) is 0 Å². The molecule has 0 saturated heterocycles. The Balaban J connectivity index is -0.00000000750. The Morgan fingerprint density at radius 1 is 1.25 bits per heavy atom. The molecule has 8 heavy (non-hydrogen) atoms. The van der Waals surface area contributed by atoms with Crippen LogP contribution in [0, 0.1) is 77.3 Å². The summed E-state index contributed by atoms with van der Waals surface area (Å²) in [6.07, 6.45) is -1.83. The second-order valence-electron chi connectivity index (χ2n) is 0.283. The fourth-order valence-corrected chi connectivity index (χ4v) is 0. The topological polar surface area (TPSA) is 57.5 Å². The summed E-state index contributed by atoms with van der Waals surface area (Å²) < 4.78 is 0. The van der Waals surface area contributed by atoms with E-state index in [1.165, 1.54) is 0 Å². The standard InChI is InChI=1S/CH2O3.Ba.Ce.FH.La.2H/c2-1(3)4;;;;;;/h(H2,2,3,4);;;1H;;;. The molecule has 43 valence electrons. The molecule has 2 N–H and O–H groups in total. The Hall–Kier alpha value is 3.34. The van der Waals surface area contributed by atoms with Crippen molar-refractivity contribution in [2.75, 3.05) is 0 Å². The molecule has 0 aliphatic heterocycles. The van der Waals surface area contributed by atoms with E-state index in [0.29, 0.717) is 0 Å². The Kier molecular flexibility index (Phi) is 84.6. The minimum Gasteiger partial charge on any atom is 0 e. The first-order valence-electron chi connectivity index (χ1n) is 0.651. The summed E-state index contributed by atoms with van der Waals surface area (Å²) in [5.74, 6) is 0. The third-order valence-electron chi connectivity index (χ3n) is 0. The molecule has 0 spiro atoms. The van der Waals surface area contributed by atoms with E-state index in [4.69, 9.17) is 15.0 Å². The molecule has 0 aliphatic rings. The molecule has 0 aromatic heterocycles. The van der Waals surface area contributed by atoms with Crippen LogP contribution in [0.4, 0.5) is 9.50 Å². The van der Waals surface area contributed by atoms with Crippen molar-refractivity contribution in [1.82, 2.24) is 0 Å². The van der Waals surface area contributed by atoms with Crippen LogP contribution in [0.2, 0.25) is 0 Å². The van der Waals surface area contributed by atoms with Crippen molar-refractivity contribution >= 4 is 55.0 Å². The Morgan fingerprint density at radius 2 is 1.25 bits per heavy atom. The number of carboxylic acid groups (broad SMARTS) is 2. The summed E-state index contributed by atoms with van der Waals surface area (Å²) in [4.78, 5) is 8.56. The molecule has 0 atom stereocenters. The zero-order valence-electron chi connectivity index (χ0n) is 3.29. The first-order valence-corrected chi connectivity index (χ1v) is 0.651. The molecule has 0 aliphatic carbocycles. The van der Waals surface area contributed by atoms with Gasteiger partial charge < -0.3 is 10.2 Å². The first-order chi connectivity index (χ1) is 1.73. The Labute approximate surface area is 148 Å². The number of hydrogen-bond acceptors (Lipinski definition) is 1. The summed E-state index contributed by atoms with van der Waals surface area (Å²) in [6, 6.07) is 0. The van der Waals surface area contributed by atoms with Crippen LogP contribution in [0.15, 0.2) is 0 Å². The van der Waals surface area contributed by atoms with Crippen LogP contribution in [0.25, 0.3) is 0 Å². The third kappa shape index (κ3) is 58.2. The molecule has 0 fully saturated rings. The van der Waals surface area contributed by atoms with Gasteiger partial charge in [-0.25, -0.2) is 4.79 Å². The summed E-state index contributed by atoms with van der Waals surface area (Å²) in [5, 5.41) is 13.9. The molecule has 0 rings (SSSR count). The summed E-state index contributed by atoms with van der Waals surface area (Å²) in [6.45, 7) is 0. The zero-order chi connectivity index (χ0) is 3.58. The van der Waals surface area contributed by atoms with Crippen LogP contribution in [0.5, 0.6) is 0 Å². The second-order valence-corrected chi connectivity index (χ2v) is 0.283. The fraction of sp³-hybridized carbons (Fsp3) is 0. The molecule has 0 heterocycles. The maximum Gasteiger partial charge on any atom is 0 e. The Bertz CT molecular complexity index is 42.3. The van der Waals surface area contributed by atoms with E-state index in [-0.39, 0.29) is 131 Å². The number of halogens is 1. The monoisotopic (exact) mass is 501 g/mol. The van der Waals surface area contributed by atoms with Crippen molar-refractivity contribution in [3.05, 3.63) is 0 Å². The zero-order valence-corrected chi connectivity index (χ0v) is 10.1. The van der Waals surface area contributed by atoms with Crippen LogP contribution >= 0.6 is 0 Å². The van der Waals surface area contributed by atoms with E-state index < -0.39 is 6.16 Å². The minimum atomic E-state index is -1.83. The molecule has 3 nitrogen and oxygen atoms in total. The van der Waals surface area contributed by atoms with Gasteiger partial charge in [-0.05, 0) is 0 Å². The molecule has 0 aromatic rings. The van der Waals surface area contributed by atoms with Crippen molar-refractivity contribution in [3.8, 4) is 0 Å². The predicted octanol–water partition coefficient (Wildman–Crippen LogP) is -0.541. The van der Waals surface area contributed by atoms with Crippen LogP contribution in [0.1, 0.15) is 0 Å². The van der Waals surface area contributed by atoms with Gasteiger partial charge in [0.2, 0.25) is 0 Å². The summed E-state index contributed by atoms with van der Waals surface area (Å²) >= 11 is 0.